The molecule has 0 atom stereocenters. The standard InChI is InChI=1S/C13H10N2/c1-8-3-4-10-5-14-6-11-7-15-9(2)12(8)13(10)11/h3-7H,2H2,1H3. The average Bonchev–Trinajstić information content (AvgIpc) is 2.25. The zero-order valence-corrected chi connectivity index (χ0v) is 8.49. The molecule has 0 fully saturated rings. The van der Waals surface area contributed by atoms with E-state index in [-0.39, 0.29) is 0 Å². The van der Waals surface area contributed by atoms with Gasteiger partial charge in [0.15, 0.2) is 0 Å². The fraction of sp³-hybridized carbons (Fsp3) is 0.0769. The molecule has 0 aliphatic rings. The highest BCUT2D eigenvalue weighted by Gasteiger charge is 2.05. The maximum Gasteiger partial charge on any atom is 0.0639 e. The monoisotopic (exact) mass is 194 g/mol. The molecule has 3 rings (SSSR count). The summed E-state index contributed by atoms with van der Waals surface area (Å²) < 4.78 is 0. The number of pyridine rings is 2. The Morgan fingerprint density at radius 3 is 2.67 bits per heavy atom. The van der Waals surface area contributed by atoms with Gasteiger partial charge in [0.1, 0.15) is 0 Å². The van der Waals surface area contributed by atoms with E-state index in [1.807, 2.05) is 18.6 Å². The van der Waals surface area contributed by atoms with Crippen molar-refractivity contribution in [2.75, 3.05) is 0 Å². The van der Waals surface area contributed by atoms with Gasteiger partial charge in [0.05, 0.1) is 5.35 Å². The largest absolute Gasteiger partial charge is 0.263 e. The smallest absolute Gasteiger partial charge is 0.0639 e. The summed E-state index contributed by atoms with van der Waals surface area (Å²) in [5.74, 6) is 0. The van der Waals surface area contributed by atoms with E-state index in [9.17, 15) is 0 Å². The molecule has 2 aromatic heterocycles. The highest BCUT2D eigenvalue weighted by Crippen LogP contribution is 2.24. The van der Waals surface area contributed by atoms with Gasteiger partial charge < -0.3 is 0 Å². The van der Waals surface area contributed by atoms with Gasteiger partial charge in [-0.15, -0.1) is 0 Å². The quantitative estimate of drug-likeness (QED) is 0.548. The maximum atomic E-state index is 4.30. The Balaban J connectivity index is 2.79. The van der Waals surface area contributed by atoms with Gasteiger partial charge in [-0.25, -0.2) is 0 Å². The lowest BCUT2D eigenvalue weighted by molar-refractivity contribution is 1.29. The molecule has 0 N–H and O–H groups in total. The van der Waals surface area contributed by atoms with E-state index in [0.717, 1.165) is 21.5 Å². The Morgan fingerprint density at radius 1 is 1.00 bits per heavy atom. The minimum absolute atomic E-state index is 0.844. The van der Waals surface area contributed by atoms with Crippen molar-refractivity contribution in [3.8, 4) is 0 Å². The van der Waals surface area contributed by atoms with Crippen LogP contribution in [0.3, 0.4) is 0 Å². The lowest BCUT2D eigenvalue weighted by Gasteiger charge is -2.06. The van der Waals surface area contributed by atoms with Crippen LogP contribution in [0.25, 0.3) is 28.1 Å². The Kier molecular flexibility index (Phi) is 1.54. The van der Waals surface area contributed by atoms with Crippen LogP contribution < -0.4 is 5.35 Å². The molecule has 0 saturated heterocycles. The van der Waals surface area contributed by atoms with Crippen LogP contribution in [0.4, 0.5) is 0 Å². The number of hydrogen-bond donors (Lipinski definition) is 0. The van der Waals surface area contributed by atoms with Gasteiger partial charge in [-0.05, 0) is 12.5 Å². The molecule has 72 valence electrons. The first-order valence-corrected chi connectivity index (χ1v) is 4.88. The van der Waals surface area contributed by atoms with E-state index >= 15 is 0 Å². The second kappa shape index (κ2) is 2.76. The number of benzene rings is 1. The predicted octanol–water partition coefficient (Wildman–Crippen LogP) is 2.22. The fourth-order valence-electron chi connectivity index (χ4n) is 2.09. The van der Waals surface area contributed by atoms with Crippen molar-refractivity contribution in [2.45, 2.75) is 6.92 Å². The molecular weight excluding hydrogens is 184 g/mol. The molecule has 0 saturated carbocycles. The van der Waals surface area contributed by atoms with Crippen molar-refractivity contribution in [1.82, 2.24) is 9.97 Å². The number of aromatic nitrogens is 2. The first kappa shape index (κ1) is 8.36. The van der Waals surface area contributed by atoms with Crippen molar-refractivity contribution in [3.05, 3.63) is 41.6 Å². The Labute approximate surface area is 87.3 Å². The maximum absolute atomic E-state index is 4.30. The van der Waals surface area contributed by atoms with Crippen molar-refractivity contribution in [3.63, 3.8) is 0 Å². The van der Waals surface area contributed by atoms with E-state index < -0.39 is 0 Å². The second-order valence-corrected chi connectivity index (χ2v) is 3.79. The van der Waals surface area contributed by atoms with Crippen LogP contribution in [0.15, 0.2) is 30.7 Å². The van der Waals surface area contributed by atoms with Crippen LogP contribution in [0, 0.1) is 6.92 Å². The van der Waals surface area contributed by atoms with Crippen molar-refractivity contribution >= 4 is 28.1 Å². The van der Waals surface area contributed by atoms with Crippen LogP contribution in [-0.4, -0.2) is 9.97 Å². The number of hydrogen-bond acceptors (Lipinski definition) is 2. The zero-order valence-electron chi connectivity index (χ0n) is 8.49. The van der Waals surface area contributed by atoms with Crippen LogP contribution in [0.1, 0.15) is 5.56 Å². The number of rotatable bonds is 0. The van der Waals surface area contributed by atoms with Gasteiger partial charge in [0.25, 0.3) is 0 Å². The van der Waals surface area contributed by atoms with Gasteiger partial charge in [-0.2, -0.15) is 0 Å². The van der Waals surface area contributed by atoms with Crippen LogP contribution >= 0.6 is 0 Å². The normalized spacial score (nSPS) is 11.3. The van der Waals surface area contributed by atoms with E-state index in [1.54, 1.807) is 0 Å². The summed E-state index contributed by atoms with van der Waals surface area (Å²) in [6.45, 7) is 6.07. The highest BCUT2D eigenvalue weighted by atomic mass is 14.7. The molecule has 0 bridgehead atoms. The van der Waals surface area contributed by atoms with Gasteiger partial charge in [0.2, 0.25) is 0 Å². The first-order valence-electron chi connectivity index (χ1n) is 4.88. The summed E-state index contributed by atoms with van der Waals surface area (Å²) in [6, 6.07) is 4.19. The van der Waals surface area contributed by atoms with E-state index in [0.29, 0.717) is 0 Å². The van der Waals surface area contributed by atoms with Crippen molar-refractivity contribution in [2.24, 2.45) is 0 Å². The molecule has 0 aliphatic carbocycles. The predicted molar refractivity (Wildman–Crippen MR) is 62.5 cm³/mol. The van der Waals surface area contributed by atoms with Crippen molar-refractivity contribution < 1.29 is 0 Å². The summed E-state index contributed by atoms with van der Waals surface area (Å²) in [4.78, 5) is 8.49. The third-order valence-corrected chi connectivity index (χ3v) is 2.81. The summed E-state index contributed by atoms with van der Waals surface area (Å²) in [5, 5.41) is 5.47. The lowest BCUT2D eigenvalue weighted by atomic mass is 10.0. The lowest BCUT2D eigenvalue weighted by Crippen LogP contribution is -2.06. The molecule has 2 heterocycles. The molecule has 15 heavy (non-hydrogen) atoms. The van der Waals surface area contributed by atoms with Gasteiger partial charge >= 0.3 is 0 Å². The zero-order chi connectivity index (χ0) is 10.4. The van der Waals surface area contributed by atoms with E-state index in [4.69, 9.17) is 0 Å². The fourth-order valence-corrected chi connectivity index (χ4v) is 2.09. The SMILES string of the molecule is C=c1ncc2cncc3ccc(C)c1c32. The molecule has 0 radical (unpaired) electrons. The molecular formula is C13H10N2. The third-order valence-electron chi connectivity index (χ3n) is 2.81. The topological polar surface area (TPSA) is 25.8 Å². The molecule has 3 aromatic rings. The summed E-state index contributed by atoms with van der Waals surface area (Å²) >= 11 is 0. The van der Waals surface area contributed by atoms with E-state index in [2.05, 4.69) is 35.6 Å². The Hall–Kier alpha value is -1.96. The average molecular weight is 194 g/mol. The molecule has 2 nitrogen and oxygen atoms in total. The molecule has 0 spiro atoms. The van der Waals surface area contributed by atoms with Crippen LogP contribution in [-0.2, 0) is 0 Å². The summed E-state index contributed by atoms with van der Waals surface area (Å²) in [5.41, 5.74) is 1.22. The van der Waals surface area contributed by atoms with Crippen LogP contribution in [0.2, 0.25) is 0 Å². The minimum atomic E-state index is 0.844. The van der Waals surface area contributed by atoms with Gasteiger partial charge in [-0.3, -0.25) is 9.97 Å². The van der Waals surface area contributed by atoms with E-state index in [1.165, 1.54) is 10.9 Å². The second-order valence-electron chi connectivity index (χ2n) is 3.79. The van der Waals surface area contributed by atoms with Gasteiger partial charge in [0, 0.05) is 40.1 Å². The van der Waals surface area contributed by atoms with Crippen molar-refractivity contribution in [1.29, 1.82) is 0 Å². The molecule has 2 heteroatoms. The summed E-state index contributed by atoms with van der Waals surface area (Å²) in [7, 11) is 0. The van der Waals surface area contributed by atoms with Crippen LogP contribution in [0.5, 0.6) is 0 Å². The van der Waals surface area contributed by atoms with Gasteiger partial charge in [-0.1, -0.05) is 18.7 Å². The summed E-state index contributed by atoms with van der Waals surface area (Å²) in [6.07, 6.45) is 5.57. The Morgan fingerprint density at radius 2 is 1.80 bits per heavy atom. The highest BCUT2D eigenvalue weighted by molar-refractivity contribution is 6.09. The third kappa shape index (κ3) is 1.05. The molecule has 0 aliphatic heterocycles. The number of aryl methyl sites for hydroxylation is 1. The molecule has 0 amide bonds. The first-order chi connectivity index (χ1) is 7.27. The minimum Gasteiger partial charge on any atom is -0.263 e. The molecule has 0 unspecified atom stereocenters. The number of nitrogens with zero attached hydrogens (tertiary/aromatic N) is 2. The Bertz CT molecular complexity index is 685. The molecule has 1 aromatic carbocycles.